The Balaban J connectivity index is 2.24. The van der Waals surface area contributed by atoms with Crippen molar-refractivity contribution in [2.24, 2.45) is 0 Å². The molecule has 7 heteroatoms. The van der Waals surface area contributed by atoms with Crippen LogP contribution in [-0.4, -0.2) is 23.7 Å². The number of aldehydes is 1. The van der Waals surface area contributed by atoms with E-state index in [1.807, 2.05) is 0 Å². The Morgan fingerprint density at radius 3 is 2.61 bits per heavy atom. The SMILES string of the molecule is O=Cc1cc(-c2cccc(F)c2)n(S(=O)(=O)c2cccnc2)c1. The number of hydrogen-bond acceptors (Lipinski definition) is 4. The Labute approximate surface area is 132 Å². The molecule has 0 radical (unpaired) electrons. The molecular weight excluding hydrogens is 319 g/mol. The zero-order valence-electron chi connectivity index (χ0n) is 11.8. The van der Waals surface area contributed by atoms with Gasteiger partial charge in [-0.1, -0.05) is 12.1 Å². The lowest BCUT2D eigenvalue weighted by Crippen LogP contribution is -2.13. The monoisotopic (exact) mass is 330 g/mol. The molecule has 2 heterocycles. The van der Waals surface area contributed by atoms with Gasteiger partial charge in [-0.3, -0.25) is 9.78 Å². The van der Waals surface area contributed by atoms with Crippen molar-refractivity contribution in [3.05, 3.63) is 72.4 Å². The fraction of sp³-hybridized carbons (Fsp3) is 0. The first kappa shape index (κ1) is 15.1. The molecule has 2 aromatic heterocycles. The molecule has 0 amide bonds. The predicted molar refractivity (Wildman–Crippen MR) is 82.0 cm³/mol. The molecule has 0 saturated heterocycles. The smallest absolute Gasteiger partial charge is 0.269 e. The van der Waals surface area contributed by atoms with Gasteiger partial charge in [-0.25, -0.2) is 16.8 Å². The van der Waals surface area contributed by atoms with Crippen LogP contribution in [-0.2, 0) is 10.0 Å². The van der Waals surface area contributed by atoms with Gasteiger partial charge in [0.15, 0.2) is 6.29 Å². The standard InChI is InChI=1S/C16H11FN2O3S/c17-14-4-1-3-13(8-14)16-7-12(11-20)10-19(16)23(21,22)15-5-2-6-18-9-15/h1-11H. The summed E-state index contributed by atoms with van der Waals surface area (Å²) in [6.45, 7) is 0. The quantitative estimate of drug-likeness (QED) is 0.690. The zero-order chi connectivity index (χ0) is 16.4. The van der Waals surface area contributed by atoms with E-state index < -0.39 is 15.8 Å². The summed E-state index contributed by atoms with van der Waals surface area (Å²) >= 11 is 0. The maximum absolute atomic E-state index is 13.5. The van der Waals surface area contributed by atoms with Crippen LogP contribution in [0, 0.1) is 5.82 Å². The van der Waals surface area contributed by atoms with Crippen LogP contribution >= 0.6 is 0 Å². The van der Waals surface area contributed by atoms with Gasteiger partial charge in [0.2, 0.25) is 0 Å². The fourth-order valence-corrected chi connectivity index (χ4v) is 3.55. The van der Waals surface area contributed by atoms with Crippen LogP contribution in [0.3, 0.4) is 0 Å². The summed E-state index contributed by atoms with van der Waals surface area (Å²) in [7, 11) is -3.95. The van der Waals surface area contributed by atoms with Crippen molar-refractivity contribution >= 4 is 16.3 Å². The maximum Gasteiger partial charge on any atom is 0.269 e. The topological polar surface area (TPSA) is 69.0 Å². The number of benzene rings is 1. The Hall–Kier alpha value is -2.80. The van der Waals surface area contributed by atoms with Gasteiger partial charge in [-0.05, 0) is 30.3 Å². The lowest BCUT2D eigenvalue weighted by molar-refractivity contribution is 0.112. The molecule has 0 N–H and O–H groups in total. The molecule has 0 aliphatic rings. The molecule has 0 unspecified atom stereocenters. The maximum atomic E-state index is 13.5. The van der Waals surface area contributed by atoms with Crippen LogP contribution in [0.5, 0.6) is 0 Å². The van der Waals surface area contributed by atoms with E-state index in [0.29, 0.717) is 11.8 Å². The highest BCUT2D eigenvalue weighted by molar-refractivity contribution is 7.90. The van der Waals surface area contributed by atoms with Gasteiger partial charge >= 0.3 is 0 Å². The van der Waals surface area contributed by atoms with E-state index in [4.69, 9.17) is 0 Å². The van der Waals surface area contributed by atoms with Crippen LogP contribution in [0.2, 0.25) is 0 Å². The number of halogens is 1. The molecule has 0 aliphatic heterocycles. The Kier molecular flexibility index (Phi) is 3.79. The van der Waals surface area contributed by atoms with E-state index in [0.717, 1.165) is 3.97 Å². The minimum atomic E-state index is -3.95. The largest absolute Gasteiger partial charge is 0.298 e. The van der Waals surface area contributed by atoms with Crippen LogP contribution < -0.4 is 0 Å². The number of carbonyl (C=O) groups is 1. The summed E-state index contributed by atoms with van der Waals surface area (Å²) in [5, 5.41) is 0. The summed E-state index contributed by atoms with van der Waals surface area (Å²) in [6, 6.07) is 9.81. The second-order valence-electron chi connectivity index (χ2n) is 4.78. The van der Waals surface area contributed by atoms with Crippen molar-refractivity contribution in [3.63, 3.8) is 0 Å². The first-order chi connectivity index (χ1) is 11.0. The van der Waals surface area contributed by atoms with Crippen molar-refractivity contribution < 1.29 is 17.6 Å². The van der Waals surface area contributed by atoms with Gasteiger partial charge in [0, 0.05) is 29.7 Å². The third-order valence-corrected chi connectivity index (χ3v) is 4.91. The number of nitrogens with zero attached hydrogens (tertiary/aromatic N) is 2. The van der Waals surface area contributed by atoms with Crippen LogP contribution in [0.15, 0.2) is 66.0 Å². The number of pyridine rings is 1. The number of carbonyl (C=O) groups excluding carboxylic acids is 1. The van der Waals surface area contributed by atoms with Gasteiger partial charge in [-0.2, -0.15) is 0 Å². The molecule has 5 nitrogen and oxygen atoms in total. The molecule has 116 valence electrons. The first-order valence-corrected chi connectivity index (χ1v) is 8.05. The second kappa shape index (κ2) is 5.77. The third kappa shape index (κ3) is 2.78. The molecule has 0 spiro atoms. The first-order valence-electron chi connectivity index (χ1n) is 6.61. The second-order valence-corrected chi connectivity index (χ2v) is 6.59. The van der Waals surface area contributed by atoms with E-state index in [-0.39, 0.29) is 16.2 Å². The lowest BCUT2D eigenvalue weighted by Gasteiger charge is -2.10. The Morgan fingerprint density at radius 2 is 1.96 bits per heavy atom. The van der Waals surface area contributed by atoms with E-state index in [1.54, 1.807) is 6.07 Å². The molecule has 1 aromatic carbocycles. The number of rotatable bonds is 4. The van der Waals surface area contributed by atoms with Crippen molar-refractivity contribution in [2.45, 2.75) is 4.90 Å². The van der Waals surface area contributed by atoms with E-state index in [2.05, 4.69) is 4.98 Å². The molecule has 0 fully saturated rings. The van der Waals surface area contributed by atoms with Crippen molar-refractivity contribution in [3.8, 4) is 11.3 Å². The highest BCUT2D eigenvalue weighted by atomic mass is 32.2. The summed E-state index contributed by atoms with van der Waals surface area (Å²) in [4.78, 5) is 14.8. The summed E-state index contributed by atoms with van der Waals surface area (Å²) in [5.74, 6) is -0.498. The minimum Gasteiger partial charge on any atom is -0.298 e. The molecule has 0 saturated carbocycles. The molecule has 0 aliphatic carbocycles. The Bertz CT molecular complexity index is 966. The summed E-state index contributed by atoms with van der Waals surface area (Å²) in [5.41, 5.74) is 0.734. The number of hydrogen-bond donors (Lipinski definition) is 0. The molecule has 23 heavy (non-hydrogen) atoms. The fourth-order valence-electron chi connectivity index (χ4n) is 2.20. The van der Waals surface area contributed by atoms with Crippen LogP contribution in [0.1, 0.15) is 10.4 Å². The molecule has 0 atom stereocenters. The molecular formula is C16H11FN2O3S. The predicted octanol–water partition coefficient (Wildman–Crippen LogP) is 2.74. The highest BCUT2D eigenvalue weighted by Gasteiger charge is 2.22. The average Bonchev–Trinajstić information content (AvgIpc) is 3.01. The van der Waals surface area contributed by atoms with Gasteiger partial charge < -0.3 is 0 Å². The van der Waals surface area contributed by atoms with Crippen molar-refractivity contribution in [1.82, 2.24) is 8.96 Å². The zero-order valence-corrected chi connectivity index (χ0v) is 12.6. The average molecular weight is 330 g/mol. The van der Waals surface area contributed by atoms with Gasteiger partial charge in [0.1, 0.15) is 10.7 Å². The minimum absolute atomic E-state index is 0.0225. The normalized spacial score (nSPS) is 11.3. The summed E-state index contributed by atoms with van der Waals surface area (Å²) in [6.07, 6.45) is 4.41. The van der Waals surface area contributed by atoms with Gasteiger partial charge in [0.25, 0.3) is 10.0 Å². The lowest BCUT2D eigenvalue weighted by atomic mass is 10.1. The van der Waals surface area contributed by atoms with E-state index >= 15 is 0 Å². The van der Waals surface area contributed by atoms with E-state index in [1.165, 1.54) is 55.0 Å². The molecule has 3 aromatic rings. The summed E-state index contributed by atoms with van der Waals surface area (Å²) < 4.78 is 39.9. The third-order valence-electron chi connectivity index (χ3n) is 3.25. The molecule has 0 bridgehead atoms. The van der Waals surface area contributed by atoms with E-state index in [9.17, 15) is 17.6 Å². The Morgan fingerprint density at radius 1 is 1.13 bits per heavy atom. The van der Waals surface area contributed by atoms with Gasteiger partial charge in [0.05, 0.1) is 5.69 Å². The number of aromatic nitrogens is 2. The highest BCUT2D eigenvalue weighted by Crippen LogP contribution is 2.26. The van der Waals surface area contributed by atoms with Gasteiger partial charge in [-0.15, -0.1) is 0 Å². The molecule has 3 rings (SSSR count). The van der Waals surface area contributed by atoms with Crippen molar-refractivity contribution in [2.75, 3.05) is 0 Å². The van der Waals surface area contributed by atoms with Crippen LogP contribution in [0.25, 0.3) is 11.3 Å². The van der Waals surface area contributed by atoms with Crippen LogP contribution in [0.4, 0.5) is 4.39 Å². The van der Waals surface area contributed by atoms with Crippen molar-refractivity contribution in [1.29, 1.82) is 0 Å².